The first-order valence-electron chi connectivity index (χ1n) is 6.57. The van der Waals surface area contributed by atoms with E-state index in [-0.39, 0.29) is 5.56 Å². The topological polar surface area (TPSA) is 60.7 Å². The standard InChI is InChI=1S/C16H14ClN3O/c17-13-3-1-2-11(8-13)10-18-14-6-4-12(5-7-14)15-9-16(21)20-19-15/h1-9,18H,10H2,(H2,19,20,21). The third-order valence-electron chi connectivity index (χ3n) is 3.18. The molecule has 0 bridgehead atoms. The molecule has 1 heterocycles. The fraction of sp³-hybridized carbons (Fsp3) is 0.0625. The van der Waals surface area contributed by atoms with E-state index in [1.54, 1.807) is 0 Å². The number of hydrogen-bond acceptors (Lipinski definition) is 2. The van der Waals surface area contributed by atoms with Crippen LogP contribution in [-0.2, 0) is 6.54 Å². The highest BCUT2D eigenvalue weighted by atomic mass is 35.5. The second-order valence-electron chi connectivity index (χ2n) is 4.73. The molecule has 0 saturated carbocycles. The quantitative estimate of drug-likeness (QED) is 0.689. The third kappa shape index (κ3) is 3.35. The number of hydrogen-bond donors (Lipinski definition) is 3. The minimum Gasteiger partial charge on any atom is -0.381 e. The molecule has 1 aromatic heterocycles. The van der Waals surface area contributed by atoms with Gasteiger partial charge in [-0.1, -0.05) is 35.9 Å². The van der Waals surface area contributed by atoms with Crippen molar-refractivity contribution in [1.82, 2.24) is 10.2 Å². The molecule has 0 atom stereocenters. The van der Waals surface area contributed by atoms with Crippen molar-refractivity contribution in [2.75, 3.05) is 5.32 Å². The van der Waals surface area contributed by atoms with Gasteiger partial charge in [-0.15, -0.1) is 0 Å². The maximum atomic E-state index is 11.1. The van der Waals surface area contributed by atoms with Crippen molar-refractivity contribution in [1.29, 1.82) is 0 Å². The minimum absolute atomic E-state index is 0.131. The van der Waals surface area contributed by atoms with Gasteiger partial charge in [-0.25, -0.2) is 0 Å². The zero-order valence-corrected chi connectivity index (χ0v) is 11.9. The number of anilines is 1. The lowest BCUT2D eigenvalue weighted by Crippen LogP contribution is -1.98. The number of halogens is 1. The van der Waals surface area contributed by atoms with Crippen molar-refractivity contribution < 1.29 is 0 Å². The summed E-state index contributed by atoms with van der Waals surface area (Å²) in [6, 6.07) is 17.2. The molecule has 0 unspecified atom stereocenters. The second-order valence-corrected chi connectivity index (χ2v) is 5.17. The molecule has 0 fully saturated rings. The summed E-state index contributed by atoms with van der Waals surface area (Å²) in [5.74, 6) is 0. The van der Waals surface area contributed by atoms with Crippen LogP contribution in [-0.4, -0.2) is 10.2 Å². The van der Waals surface area contributed by atoms with E-state index in [0.29, 0.717) is 6.54 Å². The van der Waals surface area contributed by atoms with Crippen LogP contribution in [0.15, 0.2) is 59.4 Å². The summed E-state index contributed by atoms with van der Waals surface area (Å²) in [5.41, 5.74) is 3.74. The molecule has 0 spiro atoms. The summed E-state index contributed by atoms with van der Waals surface area (Å²) >= 11 is 5.96. The number of aromatic nitrogens is 2. The molecule has 0 aliphatic heterocycles. The Morgan fingerprint density at radius 1 is 1.00 bits per heavy atom. The Labute approximate surface area is 126 Å². The predicted molar refractivity (Wildman–Crippen MR) is 85.6 cm³/mol. The molecule has 5 heteroatoms. The van der Waals surface area contributed by atoms with E-state index < -0.39 is 0 Å². The first-order chi connectivity index (χ1) is 10.2. The Kier molecular flexibility index (Phi) is 3.79. The summed E-state index contributed by atoms with van der Waals surface area (Å²) in [5, 5.41) is 9.43. The normalized spacial score (nSPS) is 10.5. The lowest BCUT2D eigenvalue weighted by Gasteiger charge is -2.07. The Morgan fingerprint density at radius 2 is 1.81 bits per heavy atom. The highest BCUT2D eigenvalue weighted by Crippen LogP contribution is 2.19. The van der Waals surface area contributed by atoms with Crippen LogP contribution in [0.1, 0.15) is 5.56 Å². The first kappa shape index (κ1) is 13.5. The van der Waals surface area contributed by atoms with Crippen LogP contribution in [0, 0.1) is 0 Å². The number of aromatic amines is 2. The van der Waals surface area contributed by atoms with E-state index in [1.807, 2.05) is 48.5 Å². The van der Waals surface area contributed by atoms with Gasteiger partial charge in [-0.05, 0) is 35.4 Å². The lowest BCUT2D eigenvalue weighted by molar-refractivity contribution is 1.06. The van der Waals surface area contributed by atoms with Gasteiger partial charge in [0.15, 0.2) is 0 Å². The van der Waals surface area contributed by atoms with Crippen LogP contribution < -0.4 is 10.9 Å². The van der Waals surface area contributed by atoms with Crippen molar-refractivity contribution >= 4 is 17.3 Å². The second kappa shape index (κ2) is 5.89. The van der Waals surface area contributed by atoms with E-state index in [4.69, 9.17) is 11.6 Å². The summed E-state index contributed by atoms with van der Waals surface area (Å²) < 4.78 is 0. The number of nitrogens with one attached hydrogen (secondary N) is 3. The molecule has 3 rings (SSSR count). The van der Waals surface area contributed by atoms with Crippen molar-refractivity contribution in [3.63, 3.8) is 0 Å². The van der Waals surface area contributed by atoms with Crippen molar-refractivity contribution in [2.45, 2.75) is 6.54 Å². The third-order valence-corrected chi connectivity index (χ3v) is 3.41. The largest absolute Gasteiger partial charge is 0.381 e. The van der Waals surface area contributed by atoms with Crippen LogP contribution in [0.3, 0.4) is 0 Å². The molecule has 0 aliphatic carbocycles. The first-order valence-corrected chi connectivity index (χ1v) is 6.95. The van der Waals surface area contributed by atoms with Gasteiger partial charge in [0, 0.05) is 23.3 Å². The van der Waals surface area contributed by atoms with Crippen molar-refractivity contribution in [2.24, 2.45) is 0 Å². The lowest BCUT2D eigenvalue weighted by atomic mass is 10.1. The molecule has 21 heavy (non-hydrogen) atoms. The predicted octanol–water partition coefficient (Wildman–Crippen LogP) is 3.64. The van der Waals surface area contributed by atoms with Gasteiger partial charge in [0.25, 0.3) is 5.56 Å². The number of benzene rings is 2. The Bertz CT molecular complexity index is 790. The molecule has 0 radical (unpaired) electrons. The van der Waals surface area contributed by atoms with Crippen molar-refractivity contribution in [3.05, 3.63) is 75.5 Å². The SMILES string of the molecule is O=c1cc(-c2ccc(NCc3cccc(Cl)c3)cc2)[nH][nH]1. The summed E-state index contributed by atoms with van der Waals surface area (Å²) in [7, 11) is 0. The van der Waals surface area contributed by atoms with E-state index in [1.165, 1.54) is 6.07 Å². The summed E-state index contributed by atoms with van der Waals surface area (Å²) in [6.45, 7) is 0.709. The van der Waals surface area contributed by atoms with Crippen LogP contribution in [0.25, 0.3) is 11.3 Å². The maximum absolute atomic E-state index is 11.1. The highest BCUT2D eigenvalue weighted by Gasteiger charge is 2.01. The molecular weight excluding hydrogens is 286 g/mol. The molecule has 3 aromatic rings. The van der Waals surface area contributed by atoms with Crippen LogP contribution in [0.4, 0.5) is 5.69 Å². The van der Waals surface area contributed by atoms with E-state index in [0.717, 1.165) is 27.5 Å². The Balaban J connectivity index is 1.68. The van der Waals surface area contributed by atoms with E-state index in [2.05, 4.69) is 15.5 Å². The van der Waals surface area contributed by atoms with Gasteiger partial charge in [0.1, 0.15) is 0 Å². The smallest absolute Gasteiger partial charge is 0.264 e. The van der Waals surface area contributed by atoms with Crippen molar-refractivity contribution in [3.8, 4) is 11.3 Å². The van der Waals surface area contributed by atoms with Gasteiger partial charge in [0.05, 0.1) is 5.69 Å². The molecule has 0 aliphatic rings. The molecular formula is C16H14ClN3O. The Hall–Kier alpha value is -2.46. The highest BCUT2D eigenvalue weighted by molar-refractivity contribution is 6.30. The van der Waals surface area contributed by atoms with E-state index in [9.17, 15) is 4.79 Å². The molecule has 4 nitrogen and oxygen atoms in total. The van der Waals surface area contributed by atoms with Gasteiger partial charge in [0.2, 0.25) is 0 Å². The van der Waals surface area contributed by atoms with Gasteiger partial charge in [-0.2, -0.15) is 0 Å². The van der Waals surface area contributed by atoms with Gasteiger partial charge in [-0.3, -0.25) is 15.0 Å². The monoisotopic (exact) mass is 299 g/mol. The van der Waals surface area contributed by atoms with E-state index >= 15 is 0 Å². The minimum atomic E-state index is -0.131. The molecule has 0 amide bonds. The Morgan fingerprint density at radius 3 is 2.48 bits per heavy atom. The molecule has 0 saturated heterocycles. The molecule has 2 aromatic carbocycles. The molecule has 106 valence electrons. The van der Waals surface area contributed by atoms with Gasteiger partial charge < -0.3 is 5.32 Å². The number of rotatable bonds is 4. The average molecular weight is 300 g/mol. The molecule has 3 N–H and O–H groups in total. The number of H-pyrrole nitrogens is 2. The zero-order valence-electron chi connectivity index (χ0n) is 11.2. The summed E-state index contributed by atoms with van der Waals surface area (Å²) in [6.07, 6.45) is 0. The van der Waals surface area contributed by atoms with Crippen LogP contribution in [0.5, 0.6) is 0 Å². The van der Waals surface area contributed by atoms with Crippen LogP contribution >= 0.6 is 11.6 Å². The van der Waals surface area contributed by atoms with Gasteiger partial charge >= 0.3 is 0 Å². The maximum Gasteiger partial charge on any atom is 0.264 e. The average Bonchev–Trinajstić information content (AvgIpc) is 2.92. The van der Waals surface area contributed by atoms with Crippen LogP contribution in [0.2, 0.25) is 5.02 Å². The summed E-state index contributed by atoms with van der Waals surface area (Å²) in [4.78, 5) is 11.1. The fourth-order valence-corrected chi connectivity index (χ4v) is 2.32. The fourth-order valence-electron chi connectivity index (χ4n) is 2.11. The zero-order chi connectivity index (χ0) is 14.7.